The lowest BCUT2D eigenvalue weighted by molar-refractivity contribution is -0.122. The van der Waals surface area contributed by atoms with Crippen molar-refractivity contribution < 1.29 is 14.4 Å². The molecule has 1 saturated heterocycles. The maximum Gasteiger partial charge on any atom is 0.259 e. The van der Waals surface area contributed by atoms with Crippen molar-refractivity contribution in [1.82, 2.24) is 5.43 Å². The van der Waals surface area contributed by atoms with Crippen LogP contribution in [0.5, 0.6) is 0 Å². The molecule has 4 aromatic rings. The first kappa shape index (κ1) is 28.1. The summed E-state index contributed by atoms with van der Waals surface area (Å²) in [7, 11) is 0. The molecule has 8 rings (SSSR count). The molecule has 3 aliphatic carbocycles. The van der Waals surface area contributed by atoms with E-state index in [0.29, 0.717) is 10.7 Å². The summed E-state index contributed by atoms with van der Waals surface area (Å²) in [6, 6.07) is 28.1. The van der Waals surface area contributed by atoms with E-state index < -0.39 is 17.3 Å². The second-order valence-electron chi connectivity index (χ2n) is 10.8. The minimum absolute atomic E-state index is 0.00644. The lowest BCUT2D eigenvalue weighted by atomic mass is 9.47. The Morgan fingerprint density at radius 3 is 2.21 bits per heavy atom. The van der Waals surface area contributed by atoms with E-state index in [1.807, 2.05) is 72.8 Å². The Balaban J connectivity index is 1.30. The number of carbonyl (C=O) groups is 3. The fourth-order valence-corrected chi connectivity index (χ4v) is 7.80. The first-order valence-corrected chi connectivity index (χ1v) is 15.5. The van der Waals surface area contributed by atoms with Gasteiger partial charge >= 0.3 is 0 Å². The van der Waals surface area contributed by atoms with Crippen molar-refractivity contribution >= 4 is 81.1 Å². The minimum Gasteiger partial charge on any atom is -0.376 e. The molecule has 1 aliphatic heterocycles. The van der Waals surface area contributed by atoms with Crippen molar-refractivity contribution in [2.75, 3.05) is 16.8 Å². The molecule has 214 valence electrons. The fourth-order valence-electron chi connectivity index (χ4n) is 6.95. The zero-order valence-electron chi connectivity index (χ0n) is 22.4. The Hall–Kier alpha value is -3.73. The van der Waals surface area contributed by atoms with Crippen molar-refractivity contribution in [2.45, 2.75) is 11.3 Å². The molecule has 0 unspecified atom stereocenters. The molecule has 1 heterocycles. The smallest absolute Gasteiger partial charge is 0.259 e. The van der Waals surface area contributed by atoms with Crippen LogP contribution in [0.1, 0.15) is 28.2 Å². The third kappa shape index (κ3) is 4.38. The number of amides is 3. The van der Waals surface area contributed by atoms with Gasteiger partial charge in [-0.05, 0) is 87.3 Å². The molecule has 7 nitrogen and oxygen atoms in total. The Morgan fingerprint density at radius 1 is 0.907 bits per heavy atom. The van der Waals surface area contributed by atoms with E-state index in [9.17, 15) is 14.4 Å². The van der Waals surface area contributed by atoms with Crippen LogP contribution >= 0.6 is 45.8 Å². The van der Waals surface area contributed by atoms with Crippen LogP contribution in [0, 0.1) is 15.4 Å². The molecular weight excluding hydrogens is 698 g/mol. The summed E-state index contributed by atoms with van der Waals surface area (Å²) in [5.74, 6) is -2.85. The number of halogens is 3. The maximum absolute atomic E-state index is 14.4. The van der Waals surface area contributed by atoms with Crippen LogP contribution in [-0.2, 0) is 19.8 Å². The number of benzene rings is 4. The lowest BCUT2D eigenvalue weighted by Gasteiger charge is -2.52. The van der Waals surface area contributed by atoms with Crippen molar-refractivity contribution in [2.24, 2.45) is 16.9 Å². The summed E-state index contributed by atoms with van der Waals surface area (Å²) in [6.07, 6.45) is 1.64. The molecule has 4 aliphatic rings. The second-order valence-corrected chi connectivity index (χ2v) is 12.9. The van der Waals surface area contributed by atoms with Gasteiger partial charge in [-0.15, -0.1) is 0 Å². The first-order valence-electron chi connectivity index (χ1n) is 13.7. The zero-order chi connectivity index (χ0) is 29.9. The maximum atomic E-state index is 14.4. The molecule has 0 spiro atoms. The van der Waals surface area contributed by atoms with Crippen molar-refractivity contribution in [3.8, 4) is 0 Å². The Kier molecular flexibility index (Phi) is 7.03. The van der Waals surface area contributed by atoms with Crippen LogP contribution < -0.4 is 15.6 Å². The third-order valence-electron chi connectivity index (χ3n) is 8.59. The summed E-state index contributed by atoms with van der Waals surface area (Å²) in [6.45, 7) is 0.00644. The molecule has 0 aromatic heterocycles. The molecule has 3 amide bonds. The lowest BCUT2D eigenvalue weighted by Crippen LogP contribution is -2.54. The molecule has 2 bridgehead atoms. The van der Waals surface area contributed by atoms with E-state index in [1.165, 1.54) is 11.0 Å². The largest absolute Gasteiger partial charge is 0.376 e. The fraction of sp³-hybridized carbons (Fsp3) is 0.152. The van der Waals surface area contributed by atoms with Crippen LogP contribution in [0.4, 0.5) is 11.4 Å². The van der Waals surface area contributed by atoms with Crippen molar-refractivity contribution in [3.05, 3.63) is 127 Å². The van der Waals surface area contributed by atoms with Crippen LogP contribution in [-0.4, -0.2) is 30.5 Å². The van der Waals surface area contributed by atoms with Gasteiger partial charge in [0.1, 0.15) is 0 Å². The minimum atomic E-state index is -1.11. The van der Waals surface area contributed by atoms with Crippen molar-refractivity contribution in [1.29, 1.82) is 0 Å². The molecule has 0 radical (unpaired) electrons. The summed E-state index contributed by atoms with van der Waals surface area (Å²) < 4.78 is 1.09. The van der Waals surface area contributed by atoms with E-state index in [4.69, 9.17) is 23.2 Å². The quantitative estimate of drug-likeness (QED) is 0.105. The highest BCUT2D eigenvalue weighted by Crippen LogP contribution is 2.63. The van der Waals surface area contributed by atoms with Gasteiger partial charge in [-0.3, -0.25) is 14.4 Å². The molecule has 2 N–H and O–H groups in total. The van der Waals surface area contributed by atoms with E-state index in [1.54, 1.807) is 18.3 Å². The van der Waals surface area contributed by atoms with E-state index in [-0.39, 0.29) is 35.2 Å². The summed E-state index contributed by atoms with van der Waals surface area (Å²) in [5, 5.41) is 8.15. The number of imide groups is 1. The second kappa shape index (κ2) is 10.8. The van der Waals surface area contributed by atoms with E-state index >= 15 is 0 Å². The SMILES string of the molecule is O=C(CNc1ccc(I)cc1)N/N=C\C12c3ccccc3C(c3ccccc31)[C@H]1C(=O)N(c3ccc(Cl)cc3Cl)C(=O)[C@@H]12. The average Bonchev–Trinajstić information content (AvgIpc) is 3.27. The third-order valence-corrected chi connectivity index (χ3v) is 9.85. The standard InChI is InChI=1S/C33H23Cl2IN4O3/c34-18-9-14-26(25(35)15-18)40-31(42)29-28-21-5-1-3-7-23(21)33(30(29)32(40)43,24-8-4-2-6-22(24)28)17-38-39-27(41)16-37-20-12-10-19(36)11-13-20/h1-15,17,28-30,37H,16H2,(H,39,41)/b38-17-/t28?,29-,30-,33?/m1/s1. The summed E-state index contributed by atoms with van der Waals surface area (Å²) >= 11 is 14.9. The highest BCUT2D eigenvalue weighted by molar-refractivity contribution is 14.1. The molecule has 2 atom stereocenters. The predicted octanol–water partition coefficient (Wildman–Crippen LogP) is 6.36. The van der Waals surface area contributed by atoms with Gasteiger partial charge in [0.25, 0.3) is 5.91 Å². The first-order chi connectivity index (χ1) is 20.8. The monoisotopic (exact) mass is 720 g/mol. The number of hydrazone groups is 1. The Bertz CT molecular complexity index is 1800. The Labute approximate surface area is 271 Å². The number of hydrogen-bond acceptors (Lipinski definition) is 5. The van der Waals surface area contributed by atoms with Crippen LogP contribution in [0.2, 0.25) is 10.0 Å². The van der Waals surface area contributed by atoms with Gasteiger partial charge in [-0.25, -0.2) is 10.3 Å². The number of hydrogen-bond donors (Lipinski definition) is 2. The molecule has 10 heteroatoms. The highest BCUT2D eigenvalue weighted by atomic mass is 127. The normalized spacial score (nSPS) is 23.2. The van der Waals surface area contributed by atoms with Gasteiger partial charge in [-0.2, -0.15) is 5.10 Å². The number of carbonyl (C=O) groups excluding carboxylic acids is 3. The average molecular weight is 721 g/mol. The molecule has 0 saturated carbocycles. The van der Waals surface area contributed by atoms with Gasteiger partial charge in [0.05, 0.1) is 34.5 Å². The molecular formula is C33H23Cl2IN4O3. The Morgan fingerprint density at radius 2 is 1.56 bits per heavy atom. The van der Waals surface area contributed by atoms with Crippen LogP contribution in [0.3, 0.4) is 0 Å². The summed E-state index contributed by atoms with van der Waals surface area (Å²) in [4.78, 5) is 42.7. The highest BCUT2D eigenvalue weighted by Gasteiger charge is 2.68. The molecule has 1 fully saturated rings. The number of nitrogens with zero attached hydrogens (tertiary/aromatic N) is 2. The van der Waals surface area contributed by atoms with E-state index in [2.05, 4.69) is 38.4 Å². The van der Waals surface area contributed by atoms with Gasteiger partial charge in [0.15, 0.2) is 0 Å². The van der Waals surface area contributed by atoms with Gasteiger partial charge in [0, 0.05) is 26.4 Å². The molecule has 4 aromatic carbocycles. The van der Waals surface area contributed by atoms with E-state index in [0.717, 1.165) is 31.5 Å². The van der Waals surface area contributed by atoms with Crippen LogP contribution in [0.15, 0.2) is 96.1 Å². The van der Waals surface area contributed by atoms with Crippen LogP contribution in [0.25, 0.3) is 0 Å². The van der Waals surface area contributed by atoms with Crippen molar-refractivity contribution in [3.63, 3.8) is 0 Å². The predicted molar refractivity (Wildman–Crippen MR) is 176 cm³/mol. The topological polar surface area (TPSA) is 90.9 Å². The number of nitrogens with one attached hydrogen (secondary N) is 2. The van der Waals surface area contributed by atoms with Gasteiger partial charge in [0.2, 0.25) is 11.8 Å². The number of rotatable bonds is 6. The number of anilines is 2. The van der Waals surface area contributed by atoms with Gasteiger partial charge < -0.3 is 5.32 Å². The van der Waals surface area contributed by atoms with Gasteiger partial charge in [-0.1, -0.05) is 71.7 Å². The molecule has 43 heavy (non-hydrogen) atoms. The zero-order valence-corrected chi connectivity index (χ0v) is 26.1. The summed E-state index contributed by atoms with van der Waals surface area (Å²) in [5.41, 5.74) is 6.34.